The molecule has 0 saturated carbocycles. The third kappa shape index (κ3) is 3.52. The molecule has 29 heavy (non-hydrogen) atoms. The van der Waals surface area contributed by atoms with E-state index < -0.39 is 0 Å². The fraction of sp³-hybridized carbons (Fsp3) is 0.154. The zero-order chi connectivity index (χ0) is 20.5. The Morgan fingerprint density at radius 2 is 1.55 bits per heavy atom. The van der Waals surface area contributed by atoms with E-state index in [0.29, 0.717) is 11.1 Å². The summed E-state index contributed by atoms with van der Waals surface area (Å²) >= 11 is 0. The van der Waals surface area contributed by atoms with Crippen molar-refractivity contribution >= 4 is 22.4 Å². The van der Waals surface area contributed by atoms with Gasteiger partial charge in [-0.1, -0.05) is 54.6 Å². The number of hydrogen-bond acceptors (Lipinski definition) is 3. The zero-order valence-electron chi connectivity index (χ0n) is 17.2. The molecule has 0 aliphatic carbocycles. The highest BCUT2D eigenvalue weighted by atomic mass is 16.1. The second-order valence-corrected chi connectivity index (χ2v) is 7.60. The highest BCUT2D eigenvalue weighted by Crippen LogP contribution is 2.33. The number of rotatable bonds is 4. The quantitative estimate of drug-likeness (QED) is 0.419. The van der Waals surface area contributed by atoms with E-state index in [2.05, 4.69) is 48.2 Å². The van der Waals surface area contributed by atoms with Gasteiger partial charge in [-0.3, -0.25) is 9.78 Å². The maximum Gasteiger partial charge on any atom is 0.195 e. The molecule has 0 aliphatic rings. The molecule has 0 radical (unpaired) electrons. The van der Waals surface area contributed by atoms with Crippen molar-refractivity contribution in [2.24, 2.45) is 0 Å². The Labute approximate surface area is 171 Å². The largest absolute Gasteiger partial charge is 0.378 e. The molecule has 0 saturated heterocycles. The van der Waals surface area contributed by atoms with Crippen molar-refractivity contribution in [3.05, 3.63) is 95.2 Å². The van der Waals surface area contributed by atoms with Crippen LogP contribution in [0.1, 0.15) is 27.2 Å². The van der Waals surface area contributed by atoms with Gasteiger partial charge in [0.15, 0.2) is 5.78 Å². The van der Waals surface area contributed by atoms with Crippen molar-refractivity contribution in [2.45, 2.75) is 13.8 Å². The Kier molecular flexibility index (Phi) is 4.89. The summed E-state index contributed by atoms with van der Waals surface area (Å²) in [5.41, 5.74) is 7.19. The van der Waals surface area contributed by atoms with Gasteiger partial charge < -0.3 is 4.90 Å². The monoisotopic (exact) mass is 380 g/mol. The normalized spacial score (nSPS) is 10.9. The molecule has 0 unspecified atom stereocenters. The number of hydrogen-bond donors (Lipinski definition) is 0. The number of aryl methyl sites for hydroxylation is 2. The number of carbonyl (C=O) groups excluding carboxylic acids is 1. The number of carbonyl (C=O) groups is 1. The van der Waals surface area contributed by atoms with Crippen LogP contribution >= 0.6 is 0 Å². The van der Waals surface area contributed by atoms with Gasteiger partial charge in [-0.15, -0.1) is 0 Å². The minimum Gasteiger partial charge on any atom is -0.378 e. The molecular formula is C26H24N2O. The average Bonchev–Trinajstić information content (AvgIpc) is 2.73. The van der Waals surface area contributed by atoms with E-state index in [1.807, 2.05) is 57.4 Å². The maximum atomic E-state index is 13.6. The van der Waals surface area contributed by atoms with Crippen molar-refractivity contribution in [3.8, 4) is 11.1 Å². The number of ketones is 1. The number of nitrogens with zero attached hydrogens (tertiary/aromatic N) is 2. The Morgan fingerprint density at radius 1 is 0.862 bits per heavy atom. The molecule has 1 aromatic heterocycles. The topological polar surface area (TPSA) is 33.2 Å². The fourth-order valence-corrected chi connectivity index (χ4v) is 3.77. The number of fused-ring (bicyclic) bond motifs is 1. The number of benzene rings is 3. The lowest BCUT2D eigenvalue weighted by atomic mass is 9.90. The van der Waals surface area contributed by atoms with E-state index in [4.69, 9.17) is 4.98 Å². The minimum absolute atomic E-state index is 0.000358. The Bertz CT molecular complexity index is 1190. The minimum atomic E-state index is 0.000358. The predicted octanol–water partition coefficient (Wildman–Crippen LogP) is 5.82. The van der Waals surface area contributed by atoms with Crippen molar-refractivity contribution < 1.29 is 4.79 Å². The van der Waals surface area contributed by atoms with Gasteiger partial charge >= 0.3 is 0 Å². The van der Waals surface area contributed by atoms with Gasteiger partial charge in [0.25, 0.3) is 0 Å². The standard InChI is InChI=1S/C26H24N2O/c1-17-16-18(2)27-25-22(17)14-15-23(19-10-12-21(13-11-19)28(3)4)24(25)26(29)20-8-6-5-7-9-20/h5-16H,1-4H3. The van der Waals surface area contributed by atoms with Crippen LogP contribution in [0.25, 0.3) is 22.0 Å². The summed E-state index contributed by atoms with van der Waals surface area (Å²) in [7, 11) is 4.04. The van der Waals surface area contributed by atoms with E-state index in [1.165, 1.54) is 0 Å². The van der Waals surface area contributed by atoms with Gasteiger partial charge in [-0.05, 0) is 48.7 Å². The van der Waals surface area contributed by atoms with E-state index in [-0.39, 0.29) is 5.78 Å². The summed E-state index contributed by atoms with van der Waals surface area (Å²) in [6, 6.07) is 23.9. The van der Waals surface area contributed by atoms with Crippen molar-refractivity contribution in [1.82, 2.24) is 4.98 Å². The molecule has 0 N–H and O–H groups in total. The first-order chi connectivity index (χ1) is 14.0. The highest BCUT2D eigenvalue weighted by molar-refractivity contribution is 6.19. The van der Waals surface area contributed by atoms with Gasteiger partial charge in [0.05, 0.1) is 11.1 Å². The predicted molar refractivity (Wildman–Crippen MR) is 121 cm³/mol. The molecule has 4 aromatic rings. The van der Waals surface area contributed by atoms with Crippen LogP contribution in [0.2, 0.25) is 0 Å². The summed E-state index contributed by atoms with van der Waals surface area (Å²) in [6.45, 7) is 4.04. The van der Waals surface area contributed by atoms with E-state index in [0.717, 1.165) is 39.0 Å². The first-order valence-corrected chi connectivity index (χ1v) is 9.74. The van der Waals surface area contributed by atoms with Crippen molar-refractivity contribution in [2.75, 3.05) is 19.0 Å². The molecule has 0 fully saturated rings. The lowest BCUT2D eigenvalue weighted by Crippen LogP contribution is -2.08. The summed E-state index contributed by atoms with van der Waals surface area (Å²) in [4.78, 5) is 20.5. The molecule has 1 heterocycles. The van der Waals surface area contributed by atoms with E-state index >= 15 is 0 Å². The van der Waals surface area contributed by atoms with Crippen molar-refractivity contribution in [1.29, 1.82) is 0 Å². The molecule has 3 heteroatoms. The van der Waals surface area contributed by atoms with Crippen LogP contribution < -0.4 is 4.90 Å². The third-order valence-corrected chi connectivity index (χ3v) is 5.27. The molecular weight excluding hydrogens is 356 g/mol. The second kappa shape index (κ2) is 7.51. The molecule has 0 spiro atoms. The maximum absolute atomic E-state index is 13.6. The molecule has 0 atom stereocenters. The first kappa shape index (κ1) is 18.9. The van der Waals surface area contributed by atoms with Crippen LogP contribution in [0.15, 0.2) is 72.8 Å². The van der Waals surface area contributed by atoms with Crippen LogP contribution in [0, 0.1) is 13.8 Å². The lowest BCUT2D eigenvalue weighted by molar-refractivity contribution is 0.104. The Morgan fingerprint density at radius 3 is 2.21 bits per heavy atom. The van der Waals surface area contributed by atoms with Gasteiger partial charge in [0.2, 0.25) is 0 Å². The highest BCUT2D eigenvalue weighted by Gasteiger charge is 2.20. The van der Waals surface area contributed by atoms with E-state index in [1.54, 1.807) is 0 Å². The molecule has 0 amide bonds. The molecule has 144 valence electrons. The summed E-state index contributed by atoms with van der Waals surface area (Å²) < 4.78 is 0. The molecule has 3 nitrogen and oxygen atoms in total. The molecule has 0 bridgehead atoms. The van der Waals surface area contributed by atoms with Crippen LogP contribution in [0.3, 0.4) is 0 Å². The third-order valence-electron chi connectivity index (χ3n) is 5.27. The average molecular weight is 380 g/mol. The van der Waals surface area contributed by atoms with Crippen LogP contribution in [-0.2, 0) is 0 Å². The van der Waals surface area contributed by atoms with E-state index in [9.17, 15) is 4.79 Å². The van der Waals surface area contributed by atoms with Gasteiger partial charge in [0, 0.05) is 36.4 Å². The molecule has 4 rings (SSSR count). The summed E-state index contributed by atoms with van der Waals surface area (Å²) in [5, 5.41) is 1.02. The number of anilines is 1. The fourth-order valence-electron chi connectivity index (χ4n) is 3.77. The molecule has 0 aliphatic heterocycles. The number of aromatic nitrogens is 1. The molecule has 3 aromatic carbocycles. The van der Waals surface area contributed by atoms with Crippen LogP contribution in [-0.4, -0.2) is 24.9 Å². The smallest absolute Gasteiger partial charge is 0.195 e. The second-order valence-electron chi connectivity index (χ2n) is 7.60. The van der Waals surface area contributed by atoms with Gasteiger partial charge in [0.1, 0.15) is 0 Å². The summed E-state index contributed by atoms with van der Waals surface area (Å²) in [5.74, 6) is 0.000358. The number of pyridine rings is 1. The van der Waals surface area contributed by atoms with Gasteiger partial charge in [-0.2, -0.15) is 0 Å². The van der Waals surface area contributed by atoms with Crippen LogP contribution in [0.4, 0.5) is 5.69 Å². The lowest BCUT2D eigenvalue weighted by Gasteiger charge is -2.16. The van der Waals surface area contributed by atoms with Gasteiger partial charge in [-0.25, -0.2) is 0 Å². The zero-order valence-corrected chi connectivity index (χ0v) is 17.2. The Balaban J connectivity index is 2.00. The van der Waals surface area contributed by atoms with Crippen molar-refractivity contribution in [3.63, 3.8) is 0 Å². The SMILES string of the molecule is Cc1cc(C)c2ccc(-c3ccc(N(C)C)cc3)c(C(=O)c3ccccc3)c2n1. The summed E-state index contributed by atoms with van der Waals surface area (Å²) in [6.07, 6.45) is 0. The Hall–Kier alpha value is -3.46. The van der Waals surface area contributed by atoms with Crippen LogP contribution in [0.5, 0.6) is 0 Å². The first-order valence-electron chi connectivity index (χ1n) is 9.74.